The van der Waals surface area contributed by atoms with Gasteiger partial charge < -0.3 is 10.1 Å². The molecule has 10 heteroatoms. The number of rotatable bonds is 8. The Labute approximate surface area is 175 Å². The van der Waals surface area contributed by atoms with E-state index in [4.69, 9.17) is 4.74 Å². The molecule has 0 bridgehead atoms. The van der Waals surface area contributed by atoms with E-state index >= 15 is 0 Å². The van der Waals surface area contributed by atoms with E-state index in [-0.39, 0.29) is 5.75 Å². The fourth-order valence-electron chi connectivity index (χ4n) is 2.29. The summed E-state index contributed by atoms with van der Waals surface area (Å²) >= 11 is 2.76. The van der Waals surface area contributed by atoms with E-state index in [1.54, 1.807) is 17.5 Å². The third-order valence-corrected chi connectivity index (χ3v) is 5.43. The van der Waals surface area contributed by atoms with Gasteiger partial charge in [0.05, 0.1) is 23.0 Å². The lowest BCUT2D eigenvalue weighted by Gasteiger charge is -2.07. The summed E-state index contributed by atoms with van der Waals surface area (Å²) in [5.74, 6) is -1.30. The van der Waals surface area contributed by atoms with Gasteiger partial charge >= 0.3 is 12.0 Å². The van der Waals surface area contributed by atoms with Gasteiger partial charge in [0.25, 0.3) is 5.91 Å². The summed E-state index contributed by atoms with van der Waals surface area (Å²) in [6, 6.07) is 10.7. The van der Waals surface area contributed by atoms with Crippen molar-refractivity contribution in [2.45, 2.75) is 11.4 Å². The van der Waals surface area contributed by atoms with Crippen molar-refractivity contribution >= 4 is 52.0 Å². The second-order valence-electron chi connectivity index (χ2n) is 5.78. The number of urea groups is 1. The van der Waals surface area contributed by atoms with Gasteiger partial charge in [-0.2, -0.15) is 0 Å². The number of nitrogens with one attached hydrogen (secondary N) is 2. The summed E-state index contributed by atoms with van der Waals surface area (Å²) in [6.07, 6.45) is 2.26. The lowest BCUT2D eigenvalue weighted by atomic mass is 10.3. The molecular weight excluding hydrogens is 412 g/mol. The molecule has 150 valence electrons. The lowest BCUT2D eigenvalue weighted by Crippen LogP contribution is -2.42. The van der Waals surface area contributed by atoms with Crippen LogP contribution < -0.4 is 10.6 Å². The molecule has 0 spiro atoms. The first-order valence-electron chi connectivity index (χ1n) is 8.70. The Morgan fingerprint density at radius 2 is 1.93 bits per heavy atom. The number of thiophene rings is 1. The average molecular weight is 431 g/mol. The molecule has 0 atom stereocenters. The van der Waals surface area contributed by atoms with Crippen molar-refractivity contribution < 1.29 is 19.1 Å². The Morgan fingerprint density at radius 1 is 1.10 bits per heavy atom. The monoisotopic (exact) mass is 430 g/mol. The normalized spacial score (nSPS) is 10.5. The number of benzene rings is 1. The van der Waals surface area contributed by atoms with Crippen molar-refractivity contribution in [3.63, 3.8) is 0 Å². The van der Waals surface area contributed by atoms with Crippen LogP contribution in [0.2, 0.25) is 0 Å². The SMILES string of the molecule is O=C(COC(=O)CSc1cnc2ccccc2n1)NC(=O)NCCc1cccs1. The molecule has 0 fully saturated rings. The number of esters is 1. The van der Waals surface area contributed by atoms with Crippen LogP contribution in [-0.2, 0) is 20.7 Å². The zero-order chi connectivity index (χ0) is 20.5. The Morgan fingerprint density at radius 3 is 2.72 bits per heavy atom. The first kappa shape index (κ1) is 20.7. The zero-order valence-electron chi connectivity index (χ0n) is 15.3. The number of hydrogen-bond acceptors (Lipinski definition) is 8. The van der Waals surface area contributed by atoms with E-state index in [1.807, 2.05) is 41.8 Å². The molecule has 3 amide bonds. The molecule has 2 heterocycles. The van der Waals surface area contributed by atoms with Crippen LogP contribution in [0.15, 0.2) is 53.0 Å². The van der Waals surface area contributed by atoms with E-state index in [0.29, 0.717) is 18.0 Å². The highest BCUT2D eigenvalue weighted by atomic mass is 32.2. The number of carbonyl (C=O) groups is 3. The fourth-order valence-corrected chi connectivity index (χ4v) is 3.64. The largest absolute Gasteiger partial charge is 0.455 e. The van der Waals surface area contributed by atoms with E-state index in [1.165, 1.54) is 0 Å². The zero-order valence-corrected chi connectivity index (χ0v) is 16.9. The number of thioether (sulfide) groups is 1. The number of aromatic nitrogens is 2. The molecule has 2 N–H and O–H groups in total. The quantitative estimate of drug-likeness (QED) is 0.417. The van der Waals surface area contributed by atoms with Gasteiger partial charge in [0.1, 0.15) is 5.03 Å². The Hall–Kier alpha value is -2.98. The molecule has 2 aromatic heterocycles. The maximum Gasteiger partial charge on any atom is 0.321 e. The van der Waals surface area contributed by atoms with Crippen LogP contribution in [0.3, 0.4) is 0 Å². The van der Waals surface area contributed by atoms with Gasteiger partial charge in [0.15, 0.2) is 6.61 Å². The number of hydrogen-bond donors (Lipinski definition) is 2. The summed E-state index contributed by atoms with van der Waals surface area (Å²) in [6.45, 7) is -0.121. The predicted molar refractivity (Wildman–Crippen MR) is 111 cm³/mol. The van der Waals surface area contributed by atoms with Crippen molar-refractivity contribution in [2.24, 2.45) is 0 Å². The molecule has 0 aliphatic rings. The topological polar surface area (TPSA) is 110 Å². The van der Waals surface area contributed by atoms with Crippen LogP contribution in [0.4, 0.5) is 4.79 Å². The van der Waals surface area contributed by atoms with Crippen molar-refractivity contribution in [1.29, 1.82) is 0 Å². The van der Waals surface area contributed by atoms with Gasteiger partial charge in [0.2, 0.25) is 0 Å². The third kappa shape index (κ3) is 6.84. The molecule has 0 saturated heterocycles. The van der Waals surface area contributed by atoms with Crippen molar-refractivity contribution in [3.05, 3.63) is 52.9 Å². The van der Waals surface area contributed by atoms with Crippen LogP contribution in [-0.4, -0.2) is 46.8 Å². The number of fused-ring (bicyclic) bond motifs is 1. The summed E-state index contributed by atoms with van der Waals surface area (Å²) in [5.41, 5.74) is 1.50. The van der Waals surface area contributed by atoms with Gasteiger partial charge in [0, 0.05) is 11.4 Å². The predicted octanol–water partition coefficient (Wildman–Crippen LogP) is 2.40. The van der Waals surface area contributed by atoms with E-state index in [0.717, 1.165) is 27.7 Å². The van der Waals surface area contributed by atoms with Crippen LogP contribution in [0.5, 0.6) is 0 Å². The average Bonchev–Trinajstić information content (AvgIpc) is 3.24. The Kier molecular flexibility index (Phi) is 7.54. The van der Waals surface area contributed by atoms with Crippen molar-refractivity contribution in [3.8, 4) is 0 Å². The molecule has 3 aromatic rings. The molecule has 29 heavy (non-hydrogen) atoms. The first-order chi connectivity index (χ1) is 14.1. The smallest absolute Gasteiger partial charge is 0.321 e. The minimum Gasteiger partial charge on any atom is -0.455 e. The van der Waals surface area contributed by atoms with Crippen LogP contribution in [0.25, 0.3) is 11.0 Å². The number of imide groups is 1. The number of para-hydroxylation sites is 2. The van der Waals surface area contributed by atoms with E-state index in [2.05, 4.69) is 20.6 Å². The highest BCUT2D eigenvalue weighted by Gasteiger charge is 2.12. The van der Waals surface area contributed by atoms with Crippen LogP contribution >= 0.6 is 23.1 Å². The van der Waals surface area contributed by atoms with Crippen LogP contribution in [0, 0.1) is 0 Å². The van der Waals surface area contributed by atoms with Gasteiger partial charge in [-0.15, -0.1) is 11.3 Å². The second kappa shape index (κ2) is 10.5. The lowest BCUT2D eigenvalue weighted by molar-refractivity contribution is -0.145. The highest BCUT2D eigenvalue weighted by Crippen LogP contribution is 2.17. The van der Waals surface area contributed by atoms with E-state index < -0.39 is 24.5 Å². The number of ether oxygens (including phenoxy) is 1. The maximum absolute atomic E-state index is 11.8. The van der Waals surface area contributed by atoms with Gasteiger partial charge in [-0.1, -0.05) is 30.0 Å². The van der Waals surface area contributed by atoms with Crippen molar-refractivity contribution in [1.82, 2.24) is 20.6 Å². The Balaban J connectivity index is 1.32. The number of amides is 3. The van der Waals surface area contributed by atoms with Gasteiger partial charge in [-0.25, -0.2) is 9.78 Å². The molecule has 0 aliphatic carbocycles. The fraction of sp³-hybridized carbons (Fsp3) is 0.211. The molecule has 0 unspecified atom stereocenters. The molecule has 0 saturated carbocycles. The molecule has 0 aliphatic heterocycles. The minimum absolute atomic E-state index is 0.0205. The summed E-state index contributed by atoms with van der Waals surface area (Å²) in [4.78, 5) is 44.9. The second-order valence-corrected chi connectivity index (χ2v) is 7.81. The summed E-state index contributed by atoms with van der Waals surface area (Å²) in [5, 5.41) is 7.23. The molecule has 1 aromatic carbocycles. The molecule has 8 nitrogen and oxygen atoms in total. The Bertz CT molecular complexity index is 995. The molecule has 0 radical (unpaired) electrons. The number of nitrogens with zero attached hydrogens (tertiary/aromatic N) is 2. The third-order valence-electron chi connectivity index (χ3n) is 3.62. The summed E-state index contributed by atoms with van der Waals surface area (Å²) in [7, 11) is 0. The van der Waals surface area contributed by atoms with Crippen molar-refractivity contribution in [2.75, 3.05) is 18.9 Å². The number of carbonyl (C=O) groups excluding carboxylic acids is 3. The first-order valence-corrected chi connectivity index (χ1v) is 10.6. The standard InChI is InChI=1S/C19H18N4O4S2/c24-16(23-19(26)20-8-7-13-4-3-9-28-13)11-27-18(25)12-29-17-10-21-14-5-1-2-6-15(14)22-17/h1-6,9-10H,7-8,11-12H2,(H2,20,23,24,26). The molecular formula is C19H18N4O4S2. The highest BCUT2D eigenvalue weighted by molar-refractivity contribution is 7.99. The van der Waals surface area contributed by atoms with Gasteiger partial charge in [-0.05, 0) is 30.0 Å². The minimum atomic E-state index is -0.692. The summed E-state index contributed by atoms with van der Waals surface area (Å²) < 4.78 is 4.88. The van der Waals surface area contributed by atoms with Crippen LogP contribution in [0.1, 0.15) is 4.88 Å². The van der Waals surface area contributed by atoms with Gasteiger partial charge in [-0.3, -0.25) is 19.9 Å². The molecule has 3 rings (SSSR count). The maximum atomic E-state index is 11.8. The van der Waals surface area contributed by atoms with E-state index in [9.17, 15) is 14.4 Å².